The first kappa shape index (κ1) is 17.1. The van der Waals surface area contributed by atoms with Crippen molar-refractivity contribution in [3.8, 4) is 11.5 Å². The van der Waals surface area contributed by atoms with E-state index >= 15 is 0 Å². The predicted octanol–water partition coefficient (Wildman–Crippen LogP) is 2.20. The first-order valence-electron chi connectivity index (χ1n) is 7.34. The number of aryl methyl sites for hydroxylation is 1. The van der Waals surface area contributed by atoms with Crippen molar-refractivity contribution >= 4 is 17.3 Å². The van der Waals surface area contributed by atoms with Gasteiger partial charge in [-0.05, 0) is 31.2 Å². The van der Waals surface area contributed by atoms with Gasteiger partial charge >= 0.3 is 0 Å². The number of aromatic nitrogens is 1. The van der Waals surface area contributed by atoms with Gasteiger partial charge in [0, 0.05) is 18.1 Å². The zero-order valence-electron chi connectivity index (χ0n) is 13.6. The predicted molar refractivity (Wildman–Crippen MR) is 93.5 cm³/mol. The van der Waals surface area contributed by atoms with Gasteiger partial charge in [0.25, 0.3) is 0 Å². The van der Waals surface area contributed by atoms with Gasteiger partial charge in [0.1, 0.15) is 23.1 Å². The van der Waals surface area contributed by atoms with Crippen LogP contribution in [0.4, 0.5) is 0 Å². The number of ether oxygens (including phenoxy) is 2. The van der Waals surface area contributed by atoms with Crippen LogP contribution < -0.4 is 20.1 Å². The average molecular weight is 334 g/mol. The first-order chi connectivity index (χ1) is 11.2. The summed E-state index contributed by atoms with van der Waals surface area (Å²) in [7, 11) is 3.39. The number of rotatable bonds is 7. The molecule has 23 heavy (non-hydrogen) atoms. The van der Waals surface area contributed by atoms with E-state index in [0.717, 1.165) is 22.5 Å². The van der Waals surface area contributed by atoms with Crippen molar-refractivity contribution in [2.24, 2.45) is 4.99 Å². The third kappa shape index (κ3) is 5.78. The summed E-state index contributed by atoms with van der Waals surface area (Å²) in [5.41, 5.74) is 0. The summed E-state index contributed by atoms with van der Waals surface area (Å²) in [6.07, 6.45) is 1.88. The normalized spacial score (nSPS) is 11.2. The molecule has 0 aliphatic heterocycles. The van der Waals surface area contributed by atoms with E-state index in [1.54, 1.807) is 25.5 Å². The van der Waals surface area contributed by atoms with Gasteiger partial charge in [0.2, 0.25) is 0 Å². The van der Waals surface area contributed by atoms with E-state index in [-0.39, 0.29) is 0 Å². The van der Waals surface area contributed by atoms with Crippen molar-refractivity contribution in [2.45, 2.75) is 13.5 Å². The molecule has 7 heteroatoms. The molecule has 0 saturated carbocycles. The molecule has 2 aromatic rings. The second-order valence-corrected chi connectivity index (χ2v) is 6.06. The van der Waals surface area contributed by atoms with Gasteiger partial charge in [-0.1, -0.05) is 0 Å². The van der Waals surface area contributed by atoms with E-state index in [1.165, 1.54) is 4.88 Å². The summed E-state index contributed by atoms with van der Waals surface area (Å²) in [6.45, 7) is 3.91. The largest absolute Gasteiger partial charge is 0.497 e. The number of guanidine groups is 1. The molecule has 0 aliphatic rings. The van der Waals surface area contributed by atoms with Gasteiger partial charge in [-0.25, -0.2) is 4.98 Å². The summed E-state index contributed by atoms with van der Waals surface area (Å²) in [5.74, 6) is 2.36. The molecule has 0 spiro atoms. The van der Waals surface area contributed by atoms with E-state index in [4.69, 9.17) is 9.47 Å². The Morgan fingerprint density at radius 1 is 1.22 bits per heavy atom. The van der Waals surface area contributed by atoms with Gasteiger partial charge < -0.3 is 20.1 Å². The van der Waals surface area contributed by atoms with Crippen molar-refractivity contribution in [1.82, 2.24) is 15.6 Å². The maximum absolute atomic E-state index is 5.66. The number of hydrogen-bond acceptors (Lipinski definition) is 5. The van der Waals surface area contributed by atoms with E-state index in [2.05, 4.69) is 20.6 Å². The molecule has 0 atom stereocenters. The summed E-state index contributed by atoms with van der Waals surface area (Å²) >= 11 is 1.68. The van der Waals surface area contributed by atoms with Crippen molar-refractivity contribution in [1.29, 1.82) is 0 Å². The Morgan fingerprint density at radius 2 is 1.96 bits per heavy atom. The Hall–Kier alpha value is -2.28. The molecule has 124 valence electrons. The highest BCUT2D eigenvalue weighted by molar-refractivity contribution is 7.11. The molecular weight excluding hydrogens is 312 g/mol. The van der Waals surface area contributed by atoms with Crippen LogP contribution in [0.5, 0.6) is 11.5 Å². The van der Waals surface area contributed by atoms with Gasteiger partial charge in [-0.2, -0.15) is 0 Å². The monoisotopic (exact) mass is 334 g/mol. The van der Waals surface area contributed by atoms with Crippen LogP contribution in [0.25, 0.3) is 0 Å². The Bertz CT molecular complexity index is 625. The third-order valence-corrected chi connectivity index (χ3v) is 3.94. The Morgan fingerprint density at radius 3 is 2.57 bits per heavy atom. The number of nitrogens with one attached hydrogen (secondary N) is 2. The van der Waals surface area contributed by atoms with Gasteiger partial charge in [0.15, 0.2) is 5.96 Å². The zero-order valence-corrected chi connectivity index (χ0v) is 14.4. The minimum Gasteiger partial charge on any atom is -0.497 e. The lowest BCUT2D eigenvalue weighted by atomic mass is 10.3. The van der Waals surface area contributed by atoms with Crippen LogP contribution in [0.2, 0.25) is 0 Å². The molecule has 0 saturated heterocycles. The van der Waals surface area contributed by atoms with E-state index < -0.39 is 0 Å². The first-order valence-corrected chi connectivity index (χ1v) is 8.15. The molecule has 0 bridgehead atoms. The van der Waals surface area contributed by atoms with Crippen LogP contribution in [0.15, 0.2) is 35.5 Å². The van der Waals surface area contributed by atoms with Crippen LogP contribution in [-0.2, 0) is 6.54 Å². The lowest BCUT2D eigenvalue weighted by molar-refractivity contribution is 0.321. The van der Waals surface area contributed by atoms with Crippen LogP contribution in [-0.4, -0.2) is 38.3 Å². The molecule has 0 radical (unpaired) electrons. The van der Waals surface area contributed by atoms with Crippen LogP contribution in [0.1, 0.15) is 9.88 Å². The second kappa shape index (κ2) is 8.99. The molecule has 0 aliphatic carbocycles. The number of nitrogens with zero attached hydrogens (tertiary/aromatic N) is 2. The summed E-state index contributed by atoms with van der Waals surface area (Å²) < 4.78 is 10.8. The SMILES string of the molecule is CN=C(NCCOc1ccc(OC)cc1)NCc1ncc(C)s1. The molecule has 2 N–H and O–H groups in total. The number of benzene rings is 1. The van der Waals surface area contributed by atoms with Crippen LogP contribution in [0, 0.1) is 6.92 Å². The minimum absolute atomic E-state index is 0.545. The molecule has 0 amide bonds. The molecule has 0 fully saturated rings. The fraction of sp³-hybridized carbons (Fsp3) is 0.375. The van der Waals surface area contributed by atoms with E-state index in [1.807, 2.05) is 37.4 Å². The number of thiazole rings is 1. The second-order valence-electron chi connectivity index (χ2n) is 4.74. The van der Waals surface area contributed by atoms with Crippen molar-refractivity contribution in [2.75, 3.05) is 27.3 Å². The zero-order chi connectivity index (χ0) is 16.5. The van der Waals surface area contributed by atoms with Crippen molar-refractivity contribution < 1.29 is 9.47 Å². The standard InChI is InChI=1S/C16H22N4O2S/c1-12-10-19-15(23-12)11-20-16(17-2)18-8-9-22-14-6-4-13(21-3)5-7-14/h4-7,10H,8-9,11H2,1-3H3,(H2,17,18,20). The highest BCUT2D eigenvalue weighted by Crippen LogP contribution is 2.16. The summed E-state index contributed by atoms with van der Waals surface area (Å²) in [4.78, 5) is 9.69. The highest BCUT2D eigenvalue weighted by atomic mass is 32.1. The topological polar surface area (TPSA) is 67.8 Å². The lowest BCUT2D eigenvalue weighted by Crippen LogP contribution is -2.38. The maximum atomic E-state index is 5.66. The fourth-order valence-corrected chi connectivity index (χ4v) is 2.60. The molecular formula is C16H22N4O2S. The molecule has 6 nitrogen and oxygen atoms in total. The molecule has 0 unspecified atom stereocenters. The number of methoxy groups -OCH3 is 1. The van der Waals surface area contributed by atoms with Crippen molar-refractivity contribution in [3.05, 3.63) is 40.3 Å². The summed E-state index contributed by atoms with van der Waals surface area (Å²) in [6, 6.07) is 7.52. The molecule has 2 rings (SSSR count). The van der Waals surface area contributed by atoms with E-state index in [9.17, 15) is 0 Å². The van der Waals surface area contributed by atoms with Gasteiger partial charge in [0.05, 0.1) is 20.2 Å². The van der Waals surface area contributed by atoms with Crippen LogP contribution >= 0.6 is 11.3 Å². The molecule has 1 aromatic heterocycles. The van der Waals surface area contributed by atoms with Gasteiger partial charge in [-0.15, -0.1) is 11.3 Å². The molecule has 1 aromatic carbocycles. The van der Waals surface area contributed by atoms with Crippen molar-refractivity contribution in [3.63, 3.8) is 0 Å². The lowest BCUT2D eigenvalue weighted by Gasteiger charge is -2.12. The van der Waals surface area contributed by atoms with Gasteiger partial charge in [-0.3, -0.25) is 4.99 Å². The maximum Gasteiger partial charge on any atom is 0.191 e. The van der Waals surface area contributed by atoms with E-state index in [0.29, 0.717) is 19.7 Å². The Balaban J connectivity index is 1.67. The number of aliphatic imine (C=N–C) groups is 1. The third-order valence-electron chi connectivity index (χ3n) is 3.02. The molecule has 1 heterocycles. The quantitative estimate of drug-likeness (QED) is 0.462. The summed E-state index contributed by atoms with van der Waals surface area (Å²) in [5, 5.41) is 7.47. The highest BCUT2D eigenvalue weighted by Gasteiger charge is 2.01. The Labute approximate surface area is 140 Å². The average Bonchev–Trinajstić information content (AvgIpc) is 3.00. The number of hydrogen-bond donors (Lipinski definition) is 2. The minimum atomic E-state index is 0.545. The Kier molecular flexibility index (Phi) is 6.68. The fourth-order valence-electron chi connectivity index (χ4n) is 1.87. The smallest absolute Gasteiger partial charge is 0.191 e. The van der Waals surface area contributed by atoms with Crippen LogP contribution in [0.3, 0.4) is 0 Å².